The van der Waals surface area contributed by atoms with Crippen LogP contribution < -0.4 is 5.32 Å². The third-order valence-electron chi connectivity index (χ3n) is 9.64. The zero-order chi connectivity index (χ0) is 20.3. The number of allylic oxidation sites excluding steroid dienone is 2. The zero-order valence-electron chi connectivity index (χ0n) is 18.1. The lowest BCUT2D eigenvalue weighted by atomic mass is 9.43. The summed E-state index contributed by atoms with van der Waals surface area (Å²) in [6.45, 7) is 8.81. The van der Waals surface area contributed by atoms with Crippen molar-refractivity contribution < 1.29 is 15.0 Å². The smallest absolute Gasteiger partial charge is 0.219 e. The van der Waals surface area contributed by atoms with E-state index in [9.17, 15) is 15.0 Å². The molecule has 4 nitrogen and oxygen atoms in total. The fourth-order valence-corrected chi connectivity index (χ4v) is 8.04. The van der Waals surface area contributed by atoms with Gasteiger partial charge < -0.3 is 15.5 Å². The second-order valence-corrected chi connectivity index (χ2v) is 10.6. The number of aliphatic hydroxyl groups excluding tert-OH is 2. The molecule has 4 rings (SSSR count). The predicted octanol–water partition coefficient (Wildman–Crippen LogP) is 3.81. The van der Waals surface area contributed by atoms with Crippen molar-refractivity contribution in [3.63, 3.8) is 0 Å². The van der Waals surface area contributed by atoms with Gasteiger partial charge in [-0.05, 0) is 86.4 Å². The Labute approximate surface area is 170 Å². The summed E-state index contributed by atoms with van der Waals surface area (Å²) < 4.78 is 0. The maximum Gasteiger partial charge on any atom is 0.219 e. The highest BCUT2D eigenvalue weighted by molar-refractivity contribution is 5.75. The Balaban J connectivity index is 1.61. The second kappa shape index (κ2) is 7.12. The number of aliphatic hydroxyl groups is 2. The first-order valence-corrected chi connectivity index (χ1v) is 11.6. The summed E-state index contributed by atoms with van der Waals surface area (Å²) in [5.74, 6) is 1.34. The number of fused-ring (bicyclic) bond motifs is 5. The van der Waals surface area contributed by atoms with Crippen LogP contribution in [0.15, 0.2) is 11.6 Å². The van der Waals surface area contributed by atoms with E-state index in [-0.39, 0.29) is 34.6 Å². The van der Waals surface area contributed by atoms with Crippen molar-refractivity contribution in [3.05, 3.63) is 11.6 Å². The van der Waals surface area contributed by atoms with Crippen molar-refractivity contribution in [1.29, 1.82) is 0 Å². The number of amides is 1. The van der Waals surface area contributed by atoms with Crippen LogP contribution in [0.3, 0.4) is 0 Å². The van der Waals surface area contributed by atoms with E-state index >= 15 is 0 Å². The Kier molecular flexibility index (Phi) is 5.19. The minimum Gasteiger partial charge on any atom is -0.390 e. The predicted molar refractivity (Wildman–Crippen MR) is 110 cm³/mol. The Morgan fingerprint density at radius 2 is 1.86 bits per heavy atom. The number of hydrogen-bond donors (Lipinski definition) is 3. The lowest BCUT2D eigenvalue weighted by molar-refractivity contribution is -0.211. The maximum atomic E-state index is 11.9. The molecule has 4 heteroatoms. The van der Waals surface area contributed by atoms with E-state index in [1.54, 1.807) is 5.57 Å². The van der Waals surface area contributed by atoms with Crippen molar-refractivity contribution in [1.82, 2.24) is 5.32 Å². The van der Waals surface area contributed by atoms with Crippen LogP contribution in [0.4, 0.5) is 0 Å². The van der Waals surface area contributed by atoms with Crippen molar-refractivity contribution in [2.75, 3.05) is 0 Å². The lowest BCUT2D eigenvalue weighted by Crippen LogP contribution is -2.64. The molecule has 0 spiro atoms. The summed E-state index contributed by atoms with van der Waals surface area (Å²) in [7, 11) is 0. The van der Waals surface area contributed by atoms with E-state index in [0.29, 0.717) is 18.3 Å². The summed E-state index contributed by atoms with van der Waals surface area (Å²) in [4.78, 5) is 11.9. The molecule has 0 bridgehead atoms. The van der Waals surface area contributed by atoms with Gasteiger partial charge in [0.25, 0.3) is 0 Å². The number of nitrogens with one attached hydrogen (secondary N) is 1. The van der Waals surface area contributed by atoms with Crippen molar-refractivity contribution >= 4 is 5.91 Å². The van der Waals surface area contributed by atoms with E-state index < -0.39 is 12.2 Å². The highest BCUT2D eigenvalue weighted by Crippen LogP contribution is 2.67. The van der Waals surface area contributed by atoms with Gasteiger partial charge in [-0.3, -0.25) is 4.79 Å². The van der Waals surface area contributed by atoms with Gasteiger partial charge in [0, 0.05) is 12.5 Å². The minimum absolute atomic E-state index is 0.0662. The number of rotatable bonds is 2. The molecule has 4 aliphatic rings. The van der Waals surface area contributed by atoms with Crippen LogP contribution in [0.2, 0.25) is 0 Å². The van der Waals surface area contributed by atoms with Gasteiger partial charge in [0.15, 0.2) is 0 Å². The van der Waals surface area contributed by atoms with E-state index in [2.05, 4.69) is 32.2 Å². The molecular formula is C24H39NO3. The minimum atomic E-state index is -0.676. The molecular weight excluding hydrogens is 350 g/mol. The molecule has 0 saturated heterocycles. The molecule has 3 N–H and O–H groups in total. The molecule has 0 radical (unpaired) electrons. The molecule has 5 unspecified atom stereocenters. The van der Waals surface area contributed by atoms with Gasteiger partial charge >= 0.3 is 0 Å². The summed E-state index contributed by atoms with van der Waals surface area (Å²) in [6.07, 6.45) is 8.98. The first-order valence-electron chi connectivity index (χ1n) is 11.6. The van der Waals surface area contributed by atoms with Crippen LogP contribution in [-0.4, -0.2) is 34.4 Å². The van der Waals surface area contributed by atoms with E-state index in [0.717, 1.165) is 38.5 Å². The van der Waals surface area contributed by atoms with Crippen LogP contribution >= 0.6 is 0 Å². The van der Waals surface area contributed by atoms with Gasteiger partial charge in [0.1, 0.15) is 0 Å². The zero-order valence-corrected chi connectivity index (χ0v) is 18.1. The van der Waals surface area contributed by atoms with Gasteiger partial charge in [-0.15, -0.1) is 0 Å². The maximum absolute atomic E-state index is 11.9. The number of carbonyl (C=O) groups excluding carboxylic acids is 1. The number of hydrogen-bond acceptors (Lipinski definition) is 3. The quantitative estimate of drug-likeness (QED) is 0.629. The van der Waals surface area contributed by atoms with Crippen molar-refractivity contribution in [3.8, 4) is 0 Å². The molecule has 0 aromatic rings. The Morgan fingerprint density at radius 1 is 1.11 bits per heavy atom. The van der Waals surface area contributed by atoms with E-state index in [1.165, 1.54) is 6.42 Å². The molecule has 0 heterocycles. The molecule has 4 fully saturated rings. The third kappa shape index (κ3) is 2.81. The molecule has 0 aromatic carbocycles. The van der Waals surface area contributed by atoms with Gasteiger partial charge in [-0.2, -0.15) is 0 Å². The van der Waals surface area contributed by atoms with E-state index in [4.69, 9.17) is 0 Å². The fraction of sp³-hybridized carbons (Fsp3) is 0.875. The highest BCUT2D eigenvalue weighted by atomic mass is 16.3. The summed E-state index contributed by atoms with van der Waals surface area (Å²) in [5, 5.41) is 25.7. The average Bonchev–Trinajstić information content (AvgIpc) is 3.02. The van der Waals surface area contributed by atoms with Gasteiger partial charge in [-0.25, -0.2) is 0 Å². The molecule has 158 valence electrons. The van der Waals surface area contributed by atoms with Crippen molar-refractivity contribution in [2.45, 2.75) is 97.3 Å². The largest absolute Gasteiger partial charge is 0.390 e. The highest BCUT2D eigenvalue weighted by Gasteiger charge is 2.64. The van der Waals surface area contributed by atoms with Crippen molar-refractivity contribution in [2.24, 2.45) is 34.5 Å². The Morgan fingerprint density at radius 3 is 2.54 bits per heavy atom. The average molecular weight is 390 g/mol. The van der Waals surface area contributed by atoms with Crippen LogP contribution in [-0.2, 0) is 4.79 Å². The first kappa shape index (κ1) is 20.4. The summed E-state index contributed by atoms with van der Waals surface area (Å²) >= 11 is 0. The molecule has 4 aliphatic carbocycles. The SMILES string of the molecule is C/C=C1/CCC2C3C(CC[C@]12C)[C@@]1(C)CCC(NC(=O)CC)CC1[C@@H](O)[C@@H]3O. The monoisotopic (exact) mass is 389 g/mol. The van der Waals surface area contributed by atoms with Gasteiger partial charge in [0.05, 0.1) is 12.2 Å². The molecule has 0 aliphatic heterocycles. The molecule has 28 heavy (non-hydrogen) atoms. The van der Waals surface area contributed by atoms with Gasteiger partial charge in [-0.1, -0.05) is 32.4 Å². The Hall–Kier alpha value is -0.870. The molecule has 9 atom stereocenters. The molecule has 4 saturated carbocycles. The second-order valence-electron chi connectivity index (χ2n) is 10.6. The third-order valence-corrected chi connectivity index (χ3v) is 9.64. The Bertz CT molecular complexity index is 660. The molecule has 0 aromatic heterocycles. The topological polar surface area (TPSA) is 69.6 Å². The lowest BCUT2D eigenvalue weighted by Gasteiger charge is -2.63. The summed E-state index contributed by atoms with van der Waals surface area (Å²) in [6, 6.07) is 0.138. The van der Waals surface area contributed by atoms with Gasteiger partial charge in [0.2, 0.25) is 5.91 Å². The number of carbonyl (C=O) groups is 1. The molecule has 1 amide bonds. The standard InChI is InChI=1S/C24H39NO3/c1-5-14-7-8-16-20-17(10-12-23(14,16)3)24(4)11-9-15(25-19(26)6-2)13-18(24)21(27)22(20)28/h5,15-18,20-22,27-28H,6-13H2,1-4H3,(H,25,26)/b14-5-/t15?,16?,17?,18?,20?,21-,22-,23-,24-/m1/s1. The first-order chi connectivity index (χ1) is 13.3. The van der Waals surface area contributed by atoms with Crippen LogP contribution in [0.1, 0.15) is 79.1 Å². The van der Waals surface area contributed by atoms with Crippen LogP contribution in [0.5, 0.6) is 0 Å². The van der Waals surface area contributed by atoms with Crippen LogP contribution in [0, 0.1) is 34.5 Å². The van der Waals surface area contributed by atoms with E-state index in [1.807, 2.05) is 6.92 Å². The fourth-order valence-electron chi connectivity index (χ4n) is 8.04. The summed E-state index contributed by atoms with van der Waals surface area (Å²) in [5.41, 5.74) is 1.83. The normalized spacial score (nSPS) is 51.9. The van der Waals surface area contributed by atoms with Crippen LogP contribution in [0.25, 0.3) is 0 Å².